The van der Waals surface area contributed by atoms with Crippen LogP contribution in [0.2, 0.25) is 0 Å². The van der Waals surface area contributed by atoms with Crippen molar-refractivity contribution in [2.24, 2.45) is 0 Å². The number of benzene rings is 1. The van der Waals surface area contributed by atoms with Gasteiger partial charge in [0.1, 0.15) is 5.82 Å². The summed E-state index contributed by atoms with van der Waals surface area (Å²) >= 11 is 0. The molecule has 0 unspecified atom stereocenters. The number of rotatable bonds is 3. The zero-order valence-electron chi connectivity index (χ0n) is 12.8. The fraction of sp³-hybridized carbons (Fsp3) is 0.625. The number of halogens is 1. The van der Waals surface area contributed by atoms with E-state index in [1.807, 2.05) is 6.92 Å². The summed E-state index contributed by atoms with van der Waals surface area (Å²) in [6, 6.07) is 5.01. The lowest BCUT2D eigenvalue weighted by Crippen LogP contribution is -2.47. The van der Waals surface area contributed by atoms with Gasteiger partial charge in [0.25, 0.3) is 0 Å². The molecule has 122 valence electrons. The van der Waals surface area contributed by atoms with E-state index in [2.05, 4.69) is 5.32 Å². The molecule has 2 heterocycles. The van der Waals surface area contributed by atoms with Gasteiger partial charge in [-0.3, -0.25) is 0 Å². The van der Waals surface area contributed by atoms with Gasteiger partial charge in [-0.05, 0) is 49.4 Å². The number of hydrogen-bond acceptors (Lipinski definition) is 4. The Bertz CT molecular complexity index is 661. The largest absolute Gasteiger partial charge is 0.374 e. The Kier molecular flexibility index (Phi) is 4.27. The van der Waals surface area contributed by atoms with Gasteiger partial charge in [0.05, 0.1) is 17.1 Å². The van der Waals surface area contributed by atoms with E-state index in [9.17, 15) is 12.8 Å². The summed E-state index contributed by atoms with van der Waals surface area (Å²) in [6.45, 7) is 3.14. The molecule has 1 aromatic rings. The standard InChI is InChI=1S/C16H22FNO3S/c1-12-2-3-14(17)8-13(12)10-18-15-4-6-21-16(9-15)5-7-22(19,20)11-16/h2-3,8,15,18H,4-7,9-11H2,1H3/t15-,16+/m0/s1. The summed E-state index contributed by atoms with van der Waals surface area (Å²) in [5, 5.41) is 3.44. The molecule has 0 aromatic heterocycles. The Morgan fingerprint density at radius 2 is 2.27 bits per heavy atom. The predicted octanol–water partition coefficient (Wildman–Crippen LogP) is 1.96. The number of nitrogens with one attached hydrogen (secondary N) is 1. The molecule has 2 aliphatic rings. The van der Waals surface area contributed by atoms with Crippen molar-refractivity contribution < 1.29 is 17.5 Å². The summed E-state index contributed by atoms with van der Waals surface area (Å²) in [6.07, 6.45) is 2.16. The molecule has 2 fully saturated rings. The van der Waals surface area contributed by atoms with Gasteiger partial charge in [-0.15, -0.1) is 0 Å². The predicted molar refractivity (Wildman–Crippen MR) is 83.0 cm³/mol. The molecule has 1 N–H and O–H groups in total. The van der Waals surface area contributed by atoms with E-state index >= 15 is 0 Å². The Labute approximate surface area is 131 Å². The van der Waals surface area contributed by atoms with Gasteiger partial charge in [-0.1, -0.05) is 6.07 Å². The molecule has 4 nitrogen and oxygen atoms in total. The second-order valence-corrected chi connectivity index (χ2v) is 8.70. The first-order chi connectivity index (χ1) is 10.4. The van der Waals surface area contributed by atoms with Crippen molar-refractivity contribution in [1.29, 1.82) is 0 Å². The Morgan fingerprint density at radius 3 is 3.00 bits per heavy atom. The van der Waals surface area contributed by atoms with E-state index in [1.165, 1.54) is 6.07 Å². The number of ether oxygens (including phenoxy) is 1. The van der Waals surface area contributed by atoms with Crippen LogP contribution in [0.4, 0.5) is 4.39 Å². The van der Waals surface area contributed by atoms with Crippen molar-refractivity contribution in [2.75, 3.05) is 18.1 Å². The maximum atomic E-state index is 13.3. The minimum Gasteiger partial charge on any atom is -0.374 e. The second kappa shape index (κ2) is 5.91. The molecule has 6 heteroatoms. The maximum absolute atomic E-state index is 13.3. The second-order valence-electron chi connectivity index (χ2n) is 6.51. The lowest BCUT2D eigenvalue weighted by Gasteiger charge is -2.37. The minimum absolute atomic E-state index is 0.136. The Hall–Kier alpha value is -0.980. The van der Waals surface area contributed by atoms with Crippen molar-refractivity contribution in [3.8, 4) is 0 Å². The van der Waals surface area contributed by atoms with Crippen molar-refractivity contribution in [3.63, 3.8) is 0 Å². The molecule has 2 saturated heterocycles. The first-order valence-electron chi connectivity index (χ1n) is 7.70. The summed E-state index contributed by atoms with van der Waals surface area (Å²) in [4.78, 5) is 0. The van der Waals surface area contributed by atoms with Crippen LogP contribution in [0.1, 0.15) is 30.4 Å². The third-order valence-electron chi connectivity index (χ3n) is 4.74. The monoisotopic (exact) mass is 327 g/mol. The molecular weight excluding hydrogens is 305 g/mol. The summed E-state index contributed by atoms with van der Waals surface area (Å²) in [7, 11) is -2.96. The molecule has 22 heavy (non-hydrogen) atoms. The molecule has 1 spiro atoms. The highest BCUT2D eigenvalue weighted by molar-refractivity contribution is 7.91. The Morgan fingerprint density at radius 1 is 1.45 bits per heavy atom. The van der Waals surface area contributed by atoms with Gasteiger partial charge in [-0.2, -0.15) is 0 Å². The normalized spacial score (nSPS) is 30.7. The lowest BCUT2D eigenvalue weighted by molar-refractivity contribution is -0.0705. The van der Waals surface area contributed by atoms with Crippen LogP contribution in [0.15, 0.2) is 18.2 Å². The van der Waals surface area contributed by atoms with E-state index < -0.39 is 15.4 Å². The topological polar surface area (TPSA) is 55.4 Å². The van der Waals surface area contributed by atoms with Crippen LogP contribution in [0.3, 0.4) is 0 Å². The summed E-state index contributed by atoms with van der Waals surface area (Å²) in [5.41, 5.74) is 1.49. The molecule has 0 aliphatic carbocycles. The fourth-order valence-corrected chi connectivity index (χ4v) is 5.42. The van der Waals surface area contributed by atoms with Gasteiger partial charge in [0.15, 0.2) is 9.84 Å². The molecule has 0 bridgehead atoms. The van der Waals surface area contributed by atoms with E-state index in [-0.39, 0.29) is 23.4 Å². The van der Waals surface area contributed by atoms with Gasteiger partial charge < -0.3 is 10.1 Å². The first-order valence-corrected chi connectivity index (χ1v) is 9.52. The highest BCUT2D eigenvalue weighted by Crippen LogP contribution is 2.35. The zero-order valence-corrected chi connectivity index (χ0v) is 13.6. The number of sulfone groups is 1. The van der Waals surface area contributed by atoms with Gasteiger partial charge in [0.2, 0.25) is 0 Å². The van der Waals surface area contributed by atoms with Crippen molar-refractivity contribution in [3.05, 3.63) is 35.1 Å². The van der Waals surface area contributed by atoms with Crippen molar-refractivity contribution in [2.45, 2.75) is 44.4 Å². The van der Waals surface area contributed by atoms with Crippen LogP contribution in [0.5, 0.6) is 0 Å². The molecule has 0 amide bonds. The van der Waals surface area contributed by atoms with Crippen LogP contribution in [0, 0.1) is 12.7 Å². The van der Waals surface area contributed by atoms with Crippen LogP contribution in [-0.2, 0) is 21.1 Å². The smallest absolute Gasteiger partial charge is 0.153 e. The highest BCUT2D eigenvalue weighted by Gasteiger charge is 2.46. The first kappa shape index (κ1) is 15.9. The van der Waals surface area contributed by atoms with Crippen LogP contribution in [0.25, 0.3) is 0 Å². The van der Waals surface area contributed by atoms with E-state index in [4.69, 9.17) is 4.74 Å². The van der Waals surface area contributed by atoms with Crippen LogP contribution in [-0.4, -0.2) is 38.2 Å². The van der Waals surface area contributed by atoms with Crippen molar-refractivity contribution >= 4 is 9.84 Å². The number of aryl methyl sites for hydroxylation is 1. The van der Waals surface area contributed by atoms with Crippen LogP contribution >= 0.6 is 0 Å². The van der Waals surface area contributed by atoms with Gasteiger partial charge in [-0.25, -0.2) is 12.8 Å². The van der Waals surface area contributed by atoms with Crippen molar-refractivity contribution in [1.82, 2.24) is 5.32 Å². The summed E-state index contributed by atoms with van der Waals surface area (Å²) in [5.74, 6) is 0.132. The molecule has 2 aliphatic heterocycles. The highest BCUT2D eigenvalue weighted by atomic mass is 32.2. The minimum atomic E-state index is -2.96. The molecule has 2 atom stereocenters. The molecule has 0 radical (unpaired) electrons. The third-order valence-corrected chi connectivity index (χ3v) is 6.53. The van der Waals surface area contributed by atoms with Crippen LogP contribution < -0.4 is 5.32 Å². The average Bonchev–Trinajstić information content (AvgIpc) is 2.75. The quantitative estimate of drug-likeness (QED) is 0.922. The molecule has 0 saturated carbocycles. The lowest BCUT2D eigenvalue weighted by atomic mass is 9.89. The SMILES string of the molecule is Cc1ccc(F)cc1CN[C@H]1CCO[C@]2(CCS(=O)(=O)C2)C1. The van der Waals surface area contributed by atoms with E-state index in [0.29, 0.717) is 26.0 Å². The molecule has 3 rings (SSSR count). The van der Waals surface area contributed by atoms with E-state index in [1.54, 1.807) is 12.1 Å². The zero-order chi connectivity index (χ0) is 15.8. The molecular formula is C16H22FNO3S. The Balaban J connectivity index is 1.63. The fourth-order valence-electron chi connectivity index (χ4n) is 3.45. The number of hydrogen-bond donors (Lipinski definition) is 1. The third kappa shape index (κ3) is 3.50. The van der Waals surface area contributed by atoms with E-state index in [0.717, 1.165) is 17.5 Å². The van der Waals surface area contributed by atoms with Gasteiger partial charge in [0, 0.05) is 19.2 Å². The maximum Gasteiger partial charge on any atom is 0.153 e. The molecule has 1 aromatic carbocycles. The van der Waals surface area contributed by atoms with Gasteiger partial charge >= 0.3 is 0 Å². The average molecular weight is 327 g/mol. The summed E-state index contributed by atoms with van der Waals surface area (Å²) < 4.78 is 42.6.